The maximum atomic E-state index is 12.7. The van der Waals surface area contributed by atoms with E-state index in [0.717, 1.165) is 0 Å². The molecule has 3 N–H and O–H groups in total. The lowest BCUT2D eigenvalue weighted by atomic mass is 10.2. The molecule has 0 fully saturated rings. The normalized spacial score (nSPS) is 10.8. The second kappa shape index (κ2) is 6.17. The summed E-state index contributed by atoms with van der Waals surface area (Å²) in [6.07, 6.45) is 2.92. The minimum Gasteiger partial charge on any atom is -0.508 e. The molecule has 2 aromatic heterocycles. The lowest BCUT2D eigenvalue weighted by Gasteiger charge is -2.09. The molecule has 0 atom stereocenters. The van der Waals surface area contributed by atoms with Gasteiger partial charge in [-0.3, -0.25) is 14.2 Å². The number of fused-ring (bicyclic) bond motifs is 1. The fourth-order valence-electron chi connectivity index (χ4n) is 2.59. The molecule has 26 heavy (non-hydrogen) atoms. The smallest absolute Gasteiger partial charge is 0.274 e. The van der Waals surface area contributed by atoms with Crippen molar-refractivity contribution in [1.29, 1.82) is 0 Å². The molecular formula is C18H13N5O3. The second-order valence-corrected chi connectivity index (χ2v) is 5.56. The number of amides is 1. The highest BCUT2D eigenvalue weighted by atomic mass is 16.3. The summed E-state index contributed by atoms with van der Waals surface area (Å²) >= 11 is 0. The van der Waals surface area contributed by atoms with E-state index >= 15 is 0 Å². The summed E-state index contributed by atoms with van der Waals surface area (Å²) in [6, 6.07) is 12.7. The standard InChI is InChI=1S/C18H13N5O3/c24-13-6-4-11(5-7-13)17-22-21-16-10-19-9-15(23(16)17)18(26)20-12-2-1-3-14(25)8-12/h1-10,24-25H,(H,20,26). The van der Waals surface area contributed by atoms with Crippen molar-refractivity contribution in [3.05, 3.63) is 66.6 Å². The Morgan fingerprint density at radius 2 is 1.77 bits per heavy atom. The van der Waals surface area contributed by atoms with Gasteiger partial charge in [-0.25, -0.2) is 0 Å². The number of rotatable bonds is 3. The first-order chi connectivity index (χ1) is 12.6. The first-order valence-electron chi connectivity index (χ1n) is 7.71. The third-order valence-corrected chi connectivity index (χ3v) is 3.78. The Bertz CT molecular complexity index is 1110. The number of benzene rings is 2. The van der Waals surface area contributed by atoms with Crippen LogP contribution in [0.3, 0.4) is 0 Å². The lowest BCUT2D eigenvalue weighted by molar-refractivity contribution is 0.102. The first kappa shape index (κ1) is 15.6. The number of nitrogens with one attached hydrogen (secondary N) is 1. The van der Waals surface area contributed by atoms with Crippen LogP contribution in [0.2, 0.25) is 0 Å². The summed E-state index contributed by atoms with van der Waals surface area (Å²) in [6.45, 7) is 0. The Kier molecular flexibility index (Phi) is 3.70. The number of carbonyl (C=O) groups excluding carboxylic acids is 1. The zero-order chi connectivity index (χ0) is 18.1. The van der Waals surface area contributed by atoms with Gasteiger partial charge in [0.15, 0.2) is 11.5 Å². The zero-order valence-corrected chi connectivity index (χ0v) is 13.4. The predicted octanol–water partition coefficient (Wildman–Crippen LogP) is 2.45. The minimum atomic E-state index is -0.423. The van der Waals surface area contributed by atoms with E-state index in [1.807, 2.05) is 0 Å². The highest BCUT2D eigenvalue weighted by molar-refractivity contribution is 6.03. The van der Waals surface area contributed by atoms with E-state index in [1.54, 1.807) is 28.7 Å². The molecule has 2 aromatic carbocycles. The summed E-state index contributed by atoms with van der Waals surface area (Å²) in [5.74, 6) is 0.205. The largest absolute Gasteiger partial charge is 0.508 e. The van der Waals surface area contributed by atoms with Gasteiger partial charge in [0.25, 0.3) is 5.91 Å². The van der Waals surface area contributed by atoms with Gasteiger partial charge in [0.05, 0.1) is 12.4 Å². The van der Waals surface area contributed by atoms with Gasteiger partial charge in [-0.15, -0.1) is 10.2 Å². The SMILES string of the molecule is O=C(Nc1cccc(O)c1)c1cncc2nnc(-c3ccc(O)cc3)n12. The summed E-state index contributed by atoms with van der Waals surface area (Å²) in [4.78, 5) is 16.8. The van der Waals surface area contributed by atoms with Crippen LogP contribution in [0.15, 0.2) is 60.9 Å². The van der Waals surface area contributed by atoms with Crippen LogP contribution in [0.5, 0.6) is 11.5 Å². The number of hydrogen-bond acceptors (Lipinski definition) is 6. The molecular weight excluding hydrogens is 334 g/mol. The number of anilines is 1. The molecule has 0 bridgehead atoms. The van der Waals surface area contributed by atoms with Crippen molar-refractivity contribution in [2.45, 2.75) is 0 Å². The molecule has 1 amide bonds. The Balaban J connectivity index is 1.78. The molecule has 0 spiro atoms. The van der Waals surface area contributed by atoms with Gasteiger partial charge in [-0.05, 0) is 36.4 Å². The lowest BCUT2D eigenvalue weighted by Crippen LogP contribution is -2.16. The number of hydrogen-bond donors (Lipinski definition) is 3. The molecule has 0 unspecified atom stereocenters. The van der Waals surface area contributed by atoms with E-state index in [-0.39, 0.29) is 17.2 Å². The Morgan fingerprint density at radius 3 is 2.54 bits per heavy atom. The fraction of sp³-hybridized carbons (Fsp3) is 0. The number of phenolic OH excluding ortho intramolecular Hbond substituents is 2. The van der Waals surface area contributed by atoms with Crippen LogP contribution in [-0.4, -0.2) is 35.7 Å². The minimum absolute atomic E-state index is 0.0493. The van der Waals surface area contributed by atoms with Crippen LogP contribution in [0, 0.1) is 0 Å². The topological polar surface area (TPSA) is 113 Å². The van der Waals surface area contributed by atoms with Crippen LogP contribution in [-0.2, 0) is 0 Å². The van der Waals surface area contributed by atoms with Gasteiger partial charge >= 0.3 is 0 Å². The van der Waals surface area contributed by atoms with Gasteiger partial charge in [0, 0.05) is 17.3 Å². The van der Waals surface area contributed by atoms with Crippen molar-refractivity contribution in [3.8, 4) is 22.9 Å². The molecule has 0 radical (unpaired) electrons. The molecule has 128 valence electrons. The van der Waals surface area contributed by atoms with Crippen LogP contribution >= 0.6 is 0 Å². The van der Waals surface area contributed by atoms with E-state index in [2.05, 4.69) is 20.5 Å². The van der Waals surface area contributed by atoms with Crippen LogP contribution < -0.4 is 5.32 Å². The van der Waals surface area contributed by atoms with Crippen LogP contribution in [0.25, 0.3) is 17.0 Å². The maximum absolute atomic E-state index is 12.7. The molecule has 0 saturated carbocycles. The number of nitrogens with zero attached hydrogens (tertiary/aromatic N) is 4. The van der Waals surface area contributed by atoms with E-state index in [9.17, 15) is 15.0 Å². The predicted molar refractivity (Wildman–Crippen MR) is 93.9 cm³/mol. The third kappa shape index (κ3) is 2.80. The van der Waals surface area contributed by atoms with Crippen LogP contribution in [0.1, 0.15) is 10.5 Å². The Morgan fingerprint density at radius 1 is 0.962 bits per heavy atom. The quantitative estimate of drug-likeness (QED) is 0.525. The van der Waals surface area contributed by atoms with Crippen molar-refractivity contribution in [2.75, 3.05) is 5.32 Å². The van der Waals surface area contributed by atoms with Crippen molar-refractivity contribution in [2.24, 2.45) is 0 Å². The monoisotopic (exact) mass is 347 g/mol. The van der Waals surface area contributed by atoms with Gasteiger partial charge in [0.1, 0.15) is 17.2 Å². The molecule has 4 aromatic rings. The number of phenols is 2. The summed E-state index contributed by atoms with van der Waals surface area (Å²) < 4.78 is 1.58. The van der Waals surface area contributed by atoms with E-state index in [4.69, 9.17) is 0 Å². The zero-order valence-electron chi connectivity index (χ0n) is 13.4. The molecule has 0 saturated heterocycles. The number of aromatic hydroxyl groups is 2. The van der Waals surface area contributed by atoms with Gasteiger partial charge < -0.3 is 15.5 Å². The van der Waals surface area contributed by atoms with Crippen molar-refractivity contribution >= 4 is 17.2 Å². The summed E-state index contributed by atoms with van der Waals surface area (Å²) in [7, 11) is 0. The Hall–Kier alpha value is -3.94. The third-order valence-electron chi connectivity index (χ3n) is 3.78. The molecule has 4 rings (SSSR count). The molecule has 0 aliphatic heterocycles. The van der Waals surface area contributed by atoms with Gasteiger partial charge in [-0.1, -0.05) is 6.07 Å². The summed E-state index contributed by atoms with van der Waals surface area (Å²) in [5.41, 5.74) is 1.79. The van der Waals surface area contributed by atoms with E-state index in [1.165, 1.54) is 36.7 Å². The van der Waals surface area contributed by atoms with Gasteiger partial charge in [0.2, 0.25) is 0 Å². The Labute approximate surface area is 147 Å². The van der Waals surface area contributed by atoms with Crippen LogP contribution in [0.4, 0.5) is 5.69 Å². The fourth-order valence-corrected chi connectivity index (χ4v) is 2.59. The average molecular weight is 347 g/mol. The van der Waals surface area contributed by atoms with E-state index < -0.39 is 5.91 Å². The average Bonchev–Trinajstić information content (AvgIpc) is 3.06. The molecule has 8 nitrogen and oxygen atoms in total. The first-order valence-corrected chi connectivity index (χ1v) is 7.71. The van der Waals surface area contributed by atoms with Crippen molar-refractivity contribution in [1.82, 2.24) is 19.6 Å². The van der Waals surface area contributed by atoms with Crippen molar-refractivity contribution < 1.29 is 15.0 Å². The highest BCUT2D eigenvalue weighted by Gasteiger charge is 2.17. The number of aromatic nitrogens is 4. The summed E-state index contributed by atoms with van der Waals surface area (Å²) in [5, 5.41) is 29.9. The number of carbonyl (C=O) groups is 1. The molecule has 8 heteroatoms. The molecule has 2 heterocycles. The second-order valence-electron chi connectivity index (χ2n) is 5.56. The maximum Gasteiger partial charge on any atom is 0.274 e. The van der Waals surface area contributed by atoms with Gasteiger partial charge in [-0.2, -0.15) is 0 Å². The van der Waals surface area contributed by atoms with E-state index in [0.29, 0.717) is 22.7 Å². The van der Waals surface area contributed by atoms with Crippen molar-refractivity contribution in [3.63, 3.8) is 0 Å². The highest BCUT2D eigenvalue weighted by Crippen LogP contribution is 2.23. The molecule has 0 aliphatic rings. The molecule has 0 aliphatic carbocycles.